The Balaban J connectivity index is 1.49. The molecule has 2 unspecified atom stereocenters. The van der Waals surface area contributed by atoms with E-state index < -0.39 is 30.3 Å². The van der Waals surface area contributed by atoms with E-state index in [9.17, 15) is 9.90 Å². The Morgan fingerprint density at radius 1 is 1.21 bits per heavy atom. The predicted octanol–water partition coefficient (Wildman–Crippen LogP) is 3.45. The minimum Gasteiger partial charge on any atom is -0.442 e. The van der Waals surface area contributed by atoms with Gasteiger partial charge in [-0.1, -0.05) is 26.8 Å². The van der Waals surface area contributed by atoms with E-state index in [4.69, 9.17) is 15.2 Å². The average molecular weight is 453 g/mol. The summed E-state index contributed by atoms with van der Waals surface area (Å²) in [5.74, 6) is 2.22. The molecular weight excluding hydrogens is 424 g/mol. The maximum atomic E-state index is 11.3. The summed E-state index contributed by atoms with van der Waals surface area (Å²) in [6.07, 6.45) is 2.45. The Hall–Kier alpha value is -3.53. The number of benzene rings is 1. The highest BCUT2D eigenvalue weighted by atomic mass is 16.6. The number of nitrogens with zero attached hydrogens (tertiary/aromatic N) is 5. The molecule has 3 N–H and O–H groups in total. The zero-order valence-electron chi connectivity index (χ0n) is 18.9. The lowest BCUT2D eigenvalue weighted by atomic mass is 9.84. The summed E-state index contributed by atoms with van der Waals surface area (Å²) in [5, 5.41) is 22.5. The molecule has 10 heteroatoms. The fraction of sp³-hybridized carbons (Fsp3) is 0.435. The first-order chi connectivity index (χ1) is 15.7. The second kappa shape index (κ2) is 9.14. The van der Waals surface area contributed by atoms with Crippen molar-refractivity contribution in [2.24, 2.45) is 11.1 Å². The molecule has 1 amide bonds. The number of primary amides is 1. The molecule has 4 rings (SSSR count). The molecule has 3 aromatic rings. The summed E-state index contributed by atoms with van der Waals surface area (Å²) in [6.45, 7) is 5.34. The van der Waals surface area contributed by atoms with Crippen LogP contribution in [0.5, 0.6) is 11.6 Å². The number of carbonyl (C=O) groups is 1. The van der Waals surface area contributed by atoms with Crippen LogP contribution in [0.4, 0.5) is 4.79 Å². The Bertz CT molecular complexity index is 1090. The Labute approximate surface area is 191 Å². The lowest BCUT2D eigenvalue weighted by molar-refractivity contribution is -0.0136. The van der Waals surface area contributed by atoms with E-state index in [0.717, 1.165) is 5.56 Å². The molecule has 2 atom stereocenters. The number of hydrogen-bond acceptors (Lipinski definition) is 8. The van der Waals surface area contributed by atoms with E-state index in [2.05, 4.69) is 26.5 Å². The van der Waals surface area contributed by atoms with Gasteiger partial charge in [0.2, 0.25) is 11.7 Å². The van der Waals surface area contributed by atoms with Gasteiger partial charge in [0.05, 0.1) is 6.61 Å². The van der Waals surface area contributed by atoms with Crippen molar-refractivity contribution in [2.45, 2.75) is 51.7 Å². The molecule has 0 aliphatic heterocycles. The molecule has 0 saturated heterocycles. The molecule has 2 heterocycles. The second-order valence-electron chi connectivity index (χ2n) is 9.23. The Morgan fingerprint density at radius 3 is 2.48 bits per heavy atom. The van der Waals surface area contributed by atoms with Crippen molar-refractivity contribution in [1.82, 2.24) is 25.2 Å². The highest BCUT2D eigenvalue weighted by Gasteiger charge is 2.38. The lowest BCUT2D eigenvalue weighted by Crippen LogP contribution is -2.42. The zero-order valence-corrected chi connectivity index (χ0v) is 18.9. The smallest absolute Gasteiger partial charge is 0.404 e. The quantitative estimate of drug-likeness (QED) is 0.530. The number of aromatic nitrogens is 5. The van der Waals surface area contributed by atoms with E-state index in [1.165, 1.54) is 23.2 Å². The summed E-state index contributed by atoms with van der Waals surface area (Å²) in [4.78, 5) is 17.0. The monoisotopic (exact) mass is 452 g/mol. The van der Waals surface area contributed by atoms with Crippen molar-refractivity contribution in [3.05, 3.63) is 48.2 Å². The van der Waals surface area contributed by atoms with Gasteiger partial charge in [0.25, 0.3) is 0 Å². The SMILES string of the molecule is CC(C)(C)C(C(CO)OC(N)=O)n1nnc(-c2ccc(Oc3ccc(C4CC4)cn3)cc2)n1. The number of rotatable bonds is 8. The minimum absolute atomic E-state index is 0.387. The third-order valence-corrected chi connectivity index (χ3v) is 5.51. The van der Waals surface area contributed by atoms with Crippen LogP contribution < -0.4 is 10.5 Å². The van der Waals surface area contributed by atoms with Crippen LogP contribution in [0.1, 0.15) is 51.1 Å². The lowest BCUT2D eigenvalue weighted by Gasteiger charge is -2.33. The Morgan fingerprint density at radius 2 is 1.94 bits per heavy atom. The number of ether oxygens (including phenoxy) is 2. The molecule has 0 radical (unpaired) electrons. The molecular formula is C23H28N6O4. The largest absolute Gasteiger partial charge is 0.442 e. The van der Waals surface area contributed by atoms with Gasteiger partial charge in [-0.3, -0.25) is 0 Å². The normalized spacial score (nSPS) is 15.6. The van der Waals surface area contributed by atoms with Gasteiger partial charge in [0.1, 0.15) is 11.8 Å². The number of carbonyl (C=O) groups excluding carboxylic acids is 1. The number of pyridine rings is 1. The topological polar surface area (TPSA) is 138 Å². The number of hydrogen-bond donors (Lipinski definition) is 2. The first-order valence-corrected chi connectivity index (χ1v) is 10.9. The van der Waals surface area contributed by atoms with Gasteiger partial charge in [0.15, 0.2) is 6.10 Å². The van der Waals surface area contributed by atoms with Gasteiger partial charge in [-0.25, -0.2) is 9.78 Å². The molecule has 1 aliphatic carbocycles. The van der Waals surface area contributed by atoms with Crippen molar-refractivity contribution in [3.8, 4) is 23.0 Å². The van der Waals surface area contributed by atoms with E-state index in [0.29, 0.717) is 23.4 Å². The Kier molecular flexibility index (Phi) is 6.28. The van der Waals surface area contributed by atoms with Crippen LogP contribution >= 0.6 is 0 Å². The number of aliphatic hydroxyl groups excluding tert-OH is 1. The van der Waals surface area contributed by atoms with Crippen LogP contribution in [-0.2, 0) is 4.74 Å². The van der Waals surface area contributed by atoms with E-state index in [1.807, 2.05) is 45.2 Å². The first-order valence-electron chi connectivity index (χ1n) is 10.9. The van der Waals surface area contributed by atoms with Crippen LogP contribution in [0, 0.1) is 5.41 Å². The van der Waals surface area contributed by atoms with E-state index in [-0.39, 0.29) is 0 Å². The number of aliphatic hydroxyl groups is 1. The molecule has 1 aromatic carbocycles. The molecule has 1 aliphatic rings. The molecule has 1 saturated carbocycles. The van der Waals surface area contributed by atoms with Crippen molar-refractivity contribution in [2.75, 3.05) is 6.61 Å². The van der Waals surface area contributed by atoms with Gasteiger partial charge in [-0.15, -0.1) is 10.2 Å². The second-order valence-corrected chi connectivity index (χ2v) is 9.23. The van der Waals surface area contributed by atoms with Crippen molar-refractivity contribution < 1.29 is 19.4 Å². The molecule has 1 fully saturated rings. The third-order valence-electron chi connectivity index (χ3n) is 5.51. The summed E-state index contributed by atoms with van der Waals surface area (Å²) in [6, 6.07) is 10.6. The fourth-order valence-corrected chi connectivity index (χ4v) is 3.77. The molecule has 174 valence electrons. The van der Waals surface area contributed by atoms with Crippen molar-refractivity contribution >= 4 is 6.09 Å². The van der Waals surface area contributed by atoms with Gasteiger partial charge < -0.3 is 20.3 Å². The molecule has 10 nitrogen and oxygen atoms in total. The van der Waals surface area contributed by atoms with Crippen LogP contribution in [-0.4, -0.2) is 49.1 Å². The molecule has 0 bridgehead atoms. The van der Waals surface area contributed by atoms with Gasteiger partial charge in [-0.05, 0) is 59.2 Å². The van der Waals surface area contributed by atoms with Gasteiger partial charge in [-0.2, -0.15) is 4.80 Å². The molecule has 0 spiro atoms. The zero-order chi connectivity index (χ0) is 23.6. The number of tetrazole rings is 1. The summed E-state index contributed by atoms with van der Waals surface area (Å²) < 4.78 is 10.9. The average Bonchev–Trinajstić information content (AvgIpc) is 3.51. The van der Waals surface area contributed by atoms with Gasteiger partial charge >= 0.3 is 6.09 Å². The number of nitrogens with two attached hydrogens (primary N) is 1. The van der Waals surface area contributed by atoms with Crippen LogP contribution in [0.25, 0.3) is 11.4 Å². The van der Waals surface area contributed by atoms with Crippen molar-refractivity contribution in [3.63, 3.8) is 0 Å². The molecule has 33 heavy (non-hydrogen) atoms. The highest BCUT2D eigenvalue weighted by molar-refractivity contribution is 5.64. The van der Waals surface area contributed by atoms with Crippen LogP contribution in [0.15, 0.2) is 42.6 Å². The predicted molar refractivity (Wildman–Crippen MR) is 120 cm³/mol. The maximum Gasteiger partial charge on any atom is 0.404 e. The summed E-state index contributed by atoms with van der Waals surface area (Å²) >= 11 is 0. The van der Waals surface area contributed by atoms with E-state index >= 15 is 0 Å². The third kappa shape index (κ3) is 5.46. The summed E-state index contributed by atoms with van der Waals surface area (Å²) in [5.41, 5.74) is 6.69. The van der Waals surface area contributed by atoms with E-state index in [1.54, 1.807) is 12.1 Å². The molecule has 2 aromatic heterocycles. The standard InChI is InChI=1S/C23H28N6O4/c1-23(2,3)20(18(13-30)33-22(24)31)29-27-21(26-28-29)15-6-9-17(10-7-15)32-19-11-8-16(12-25-19)14-4-5-14/h6-12,14,18,20,30H,4-5,13H2,1-3H3,(H2,24,31). The fourth-order valence-electron chi connectivity index (χ4n) is 3.77. The number of amides is 1. The van der Waals surface area contributed by atoms with Gasteiger partial charge in [0, 0.05) is 17.8 Å². The van der Waals surface area contributed by atoms with Crippen LogP contribution in [0.3, 0.4) is 0 Å². The highest BCUT2D eigenvalue weighted by Crippen LogP contribution is 2.40. The minimum atomic E-state index is -0.976. The summed E-state index contributed by atoms with van der Waals surface area (Å²) in [7, 11) is 0. The van der Waals surface area contributed by atoms with Crippen molar-refractivity contribution in [1.29, 1.82) is 0 Å². The first kappa shape index (κ1) is 22.7. The maximum absolute atomic E-state index is 11.3. The van der Waals surface area contributed by atoms with Crippen LogP contribution in [0.2, 0.25) is 0 Å².